The number of hydrogen-bond donors (Lipinski definition) is 0. The van der Waals surface area contributed by atoms with Gasteiger partial charge in [0.2, 0.25) is 5.92 Å². The molecule has 2 saturated carbocycles. The van der Waals surface area contributed by atoms with Crippen LogP contribution in [0.15, 0.2) is 0 Å². The summed E-state index contributed by atoms with van der Waals surface area (Å²) in [5.41, 5.74) is 0. The zero-order chi connectivity index (χ0) is 11.4. The minimum Gasteiger partial charge on any atom is -0.207 e. The Balaban J connectivity index is 1.68. The van der Waals surface area contributed by atoms with Gasteiger partial charge in [-0.1, -0.05) is 44.9 Å². The van der Waals surface area contributed by atoms with Crippen LogP contribution >= 0.6 is 0 Å². The number of alkyl halides is 2. The van der Waals surface area contributed by atoms with Gasteiger partial charge in [-0.15, -0.1) is 0 Å². The second-order valence-electron chi connectivity index (χ2n) is 5.90. The van der Waals surface area contributed by atoms with Crippen LogP contribution in [-0.2, 0) is 0 Å². The van der Waals surface area contributed by atoms with Gasteiger partial charge in [-0.25, -0.2) is 8.78 Å². The highest BCUT2D eigenvalue weighted by atomic mass is 19.3. The van der Waals surface area contributed by atoms with Gasteiger partial charge in [-0.05, 0) is 24.7 Å². The Morgan fingerprint density at radius 2 is 1.44 bits per heavy atom. The van der Waals surface area contributed by atoms with E-state index in [1.54, 1.807) is 0 Å². The van der Waals surface area contributed by atoms with Crippen molar-refractivity contribution in [3.05, 3.63) is 0 Å². The molecule has 1 unspecified atom stereocenters. The average Bonchev–Trinajstić information content (AvgIpc) is 2.27. The van der Waals surface area contributed by atoms with Crippen LogP contribution in [0.5, 0.6) is 0 Å². The maximum absolute atomic E-state index is 13.2. The molecule has 0 aromatic carbocycles. The van der Waals surface area contributed by atoms with Gasteiger partial charge >= 0.3 is 0 Å². The van der Waals surface area contributed by atoms with Crippen molar-refractivity contribution in [2.24, 2.45) is 11.8 Å². The third-order valence-electron chi connectivity index (χ3n) is 4.45. The fourth-order valence-corrected chi connectivity index (χ4v) is 3.47. The predicted molar refractivity (Wildman–Crippen MR) is 62.7 cm³/mol. The lowest BCUT2D eigenvalue weighted by molar-refractivity contribution is -0.0544. The van der Waals surface area contributed by atoms with E-state index in [4.69, 9.17) is 0 Å². The largest absolute Gasteiger partial charge is 0.248 e. The molecule has 2 rings (SSSR count). The molecule has 0 radical (unpaired) electrons. The monoisotopic (exact) mass is 230 g/mol. The van der Waals surface area contributed by atoms with Crippen molar-refractivity contribution in [3.63, 3.8) is 0 Å². The van der Waals surface area contributed by atoms with Crippen molar-refractivity contribution >= 4 is 0 Å². The Morgan fingerprint density at radius 3 is 2.12 bits per heavy atom. The SMILES string of the molecule is FC1(F)CCCC(CCC2CCCCC2)C1. The number of halogens is 2. The van der Waals surface area contributed by atoms with Gasteiger partial charge in [0.15, 0.2) is 0 Å². The van der Waals surface area contributed by atoms with E-state index in [0.717, 1.165) is 25.2 Å². The van der Waals surface area contributed by atoms with E-state index in [9.17, 15) is 8.78 Å². The maximum atomic E-state index is 13.2. The van der Waals surface area contributed by atoms with E-state index in [1.807, 2.05) is 0 Å². The molecule has 1 atom stereocenters. The fourth-order valence-electron chi connectivity index (χ4n) is 3.47. The van der Waals surface area contributed by atoms with E-state index < -0.39 is 5.92 Å². The summed E-state index contributed by atoms with van der Waals surface area (Å²) >= 11 is 0. The molecule has 0 saturated heterocycles. The minimum absolute atomic E-state index is 0.132. The summed E-state index contributed by atoms with van der Waals surface area (Å²) in [5, 5.41) is 0. The molecule has 16 heavy (non-hydrogen) atoms. The molecule has 2 heteroatoms. The zero-order valence-electron chi connectivity index (χ0n) is 10.2. The highest BCUT2D eigenvalue weighted by Crippen LogP contribution is 2.40. The van der Waals surface area contributed by atoms with Gasteiger partial charge in [0.05, 0.1) is 0 Å². The molecular weight excluding hydrogens is 206 g/mol. The van der Waals surface area contributed by atoms with Crippen LogP contribution in [0.1, 0.15) is 70.6 Å². The fraction of sp³-hybridized carbons (Fsp3) is 1.00. The second kappa shape index (κ2) is 5.46. The normalized spacial score (nSPS) is 31.5. The van der Waals surface area contributed by atoms with E-state index in [-0.39, 0.29) is 12.8 Å². The molecule has 0 spiro atoms. The average molecular weight is 230 g/mol. The van der Waals surface area contributed by atoms with E-state index >= 15 is 0 Å². The Kier molecular flexibility index (Phi) is 4.21. The van der Waals surface area contributed by atoms with Crippen molar-refractivity contribution in [2.75, 3.05) is 0 Å². The van der Waals surface area contributed by atoms with Crippen molar-refractivity contribution in [2.45, 2.75) is 76.6 Å². The molecule has 0 heterocycles. The summed E-state index contributed by atoms with van der Waals surface area (Å²) < 4.78 is 26.4. The van der Waals surface area contributed by atoms with Crippen LogP contribution in [0, 0.1) is 11.8 Å². The molecule has 0 aromatic rings. The molecule has 0 amide bonds. The van der Waals surface area contributed by atoms with E-state index in [2.05, 4.69) is 0 Å². The number of hydrogen-bond acceptors (Lipinski definition) is 0. The van der Waals surface area contributed by atoms with Gasteiger partial charge in [0, 0.05) is 12.8 Å². The summed E-state index contributed by atoms with van der Waals surface area (Å²) in [7, 11) is 0. The Bertz CT molecular complexity index is 207. The third-order valence-corrected chi connectivity index (χ3v) is 4.45. The Hall–Kier alpha value is -0.140. The highest BCUT2D eigenvalue weighted by Gasteiger charge is 2.36. The standard InChI is InChI=1S/C14H24F2/c15-14(16)10-4-7-13(11-14)9-8-12-5-2-1-3-6-12/h12-13H,1-11H2. The lowest BCUT2D eigenvalue weighted by atomic mass is 9.79. The van der Waals surface area contributed by atoms with Crippen molar-refractivity contribution in [1.82, 2.24) is 0 Å². The summed E-state index contributed by atoms with van der Waals surface area (Å²) in [5.74, 6) is -1.19. The molecule has 2 aliphatic carbocycles. The zero-order valence-corrected chi connectivity index (χ0v) is 10.2. The lowest BCUT2D eigenvalue weighted by Crippen LogP contribution is -2.26. The van der Waals surface area contributed by atoms with Crippen molar-refractivity contribution in [3.8, 4) is 0 Å². The molecule has 94 valence electrons. The second-order valence-corrected chi connectivity index (χ2v) is 5.90. The van der Waals surface area contributed by atoms with Crippen LogP contribution in [-0.4, -0.2) is 5.92 Å². The lowest BCUT2D eigenvalue weighted by Gasteiger charge is -2.30. The summed E-state index contributed by atoms with van der Waals surface area (Å²) in [4.78, 5) is 0. The Labute approximate surface area is 97.8 Å². The van der Waals surface area contributed by atoms with E-state index in [0.29, 0.717) is 5.92 Å². The topological polar surface area (TPSA) is 0 Å². The van der Waals surface area contributed by atoms with Crippen LogP contribution in [0.25, 0.3) is 0 Å². The van der Waals surface area contributed by atoms with Crippen LogP contribution in [0.2, 0.25) is 0 Å². The van der Waals surface area contributed by atoms with Crippen molar-refractivity contribution in [1.29, 1.82) is 0 Å². The minimum atomic E-state index is -2.35. The maximum Gasteiger partial charge on any atom is 0.248 e. The van der Waals surface area contributed by atoms with Gasteiger partial charge in [0.1, 0.15) is 0 Å². The molecule has 0 bridgehead atoms. The first-order chi connectivity index (χ1) is 7.66. The van der Waals surface area contributed by atoms with Gasteiger partial charge in [0.25, 0.3) is 0 Å². The molecule has 0 nitrogen and oxygen atoms in total. The van der Waals surface area contributed by atoms with Crippen LogP contribution < -0.4 is 0 Å². The van der Waals surface area contributed by atoms with Gasteiger partial charge < -0.3 is 0 Å². The highest BCUT2D eigenvalue weighted by molar-refractivity contribution is 4.79. The third kappa shape index (κ3) is 3.71. The molecular formula is C14H24F2. The smallest absolute Gasteiger partial charge is 0.207 e. The first kappa shape index (κ1) is 12.3. The molecule has 2 fully saturated rings. The Morgan fingerprint density at radius 1 is 0.812 bits per heavy atom. The first-order valence-corrected chi connectivity index (χ1v) is 7.03. The summed E-state index contributed by atoms with van der Waals surface area (Å²) in [6.45, 7) is 0. The molecule has 2 aliphatic rings. The summed E-state index contributed by atoms with van der Waals surface area (Å²) in [6, 6.07) is 0. The number of rotatable bonds is 3. The van der Waals surface area contributed by atoms with E-state index in [1.165, 1.54) is 38.5 Å². The molecule has 0 aromatic heterocycles. The first-order valence-electron chi connectivity index (χ1n) is 7.03. The summed E-state index contributed by atoms with van der Waals surface area (Å²) in [6.07, 6.45) is 11.2. The predicted octanol–water partition coefficient (Wildman–Crippen LogP) is 5.17. The van der Waals surface area contributed by atoms with Crippen LogP contribution in [0.3, 0.4) is 0 Å². The van der Waals surface area contributed by atoms with Crippen LogP contribution in [0.4, 0.5) is 8.78 Å². The molecule has 0 aliphatic heterocycles. The van der Waals surface area contributed by atoms with Gasteiger partial charge in [-0.3, -0.25) is 0 Å². The van der Waals surface area contributed by atoms with Crippen molar-refractivity contribution < 1.29 is 8.78 Å². The quantitative estimate of drug-likeness (QED) is 0.627. The van der Waals surface area contributed by atoms with Gasteiger partial charge in [-0.2, -0.15) is 0 Å². The molecule has 0 N–H and O–H groups in total.